The van der Waals surface area contributed by atoms with Crippen LogP contribution in [0.2, 0.25) is 0 Å². The second-order valence-electron chi connectivity index (χ2n) is 5.77. The molecule has 0 amide bonds. The van der Waals surface area contributed by atoms with Gasteiger partial charge >= 0.3 is 6.18 Å². The Morgan fingerprint density at radius 1 is 1.10 bits per heavy atom. The van der Waals surface area contributed by atoms with Gasteiger partial charge in [0.25, 0.3) is 0 Å². The van der Waals surface area contributed by atoms with E-state index in [-0.39, 0.29) is 38.5 Å². The molecule has 1 heterocycles. The summed E-state index contributed by atoms with van der Waals surface area (Å²) >= 11 is 0. The van der Waals surface area contributed by atoms with Crippen LogP contribution in [0.15, 0.2) is 64.8 Å². The fourth-order valence-corrected chi connectivity index (χ4v) is 3.03. The lowest BCUT2D eigenvalue weighted by atomic mass is 10.1. The van der Waals surface area contributed by atoms with Gasteiger partial charge in [-0.05, 0) is 47.3 Å². The minimum atomic E-state index is -4.72. The summed E-state index contributed by atoms with van der Waals surface area (Å²) in [5.41, 5.74) is -0.745. The largest absolute Gasteiger partial charge is 0.592 e. The predicted molar refractivity (Wildman–Crippen MR) is 97.9 cm³/mol. The number of aromatic nitrogens is 2. The number of hydrogen-bond donors (Lipinski definition) is 3. The van der Waals surface area contributed by atoms with Gasteiger partial charge < -0.3 is 16.6 Å². The first-order chi connectivity index (χ1) is 13.5. The number of hydrogen-bond acceptors (Lipinski definition) is 6. The Bertz CT molecular complexity index is 1170. The summed E-state index contributed by atoms with van der Waals surface area (Å²) in [5.74, 6) is 0. The molecule has 0 atom stereocenters. The van der Waals surface area contributed by atoms with Gasteiger partial charge in [0.05, 0.1) is 16.3 Å². The maximum atomic E-state index is 13.2. The van der Waals surface area contributed by atoms with E-state index >= 15 is 0 Å². The topological polar surface area (TPSA) is 172 Å². The van der Waals surface area contributed by atoms with Crippen molar-refractivity contribution in [3.05, 3.63) is 65.5 Å². The van der Waals surface area contributed by atoms with Gasteiger partial charge in [-0.3, -0.25) is 0 Å². The summed E-state index contributed by atoms with van der Waals surface area (Å²) in [7, 11) is -3.97. The molecule has 0 saturated heterocycles. The van der Waals surface area contributed by atoms with Crippen LogP contribution in [-0.4, -0.2) is 28.3 Å². The van der Waals surface area contributed by atoms with Gasteiger partial charge in [0.15, 0.2) is 5.69 Å². The van der Waals surface area contributed by atoms with Crippen LogP contribution in [0.5, 0.6) is 0 Å². The lowest BCUT2D eigenvalue weighted by Gasteiger charge is -2.08. The quantitative estimate of drug-likeness (QED) is 0.316. The Balaban J connectivity index is 0.00000320. The fraction of sp³-hybridized carbons (Fsp3) is 0.0625. The van der Waals surface area contributed by atoms with Crippen LogP contribution >= 0.6 is 0 Å². The van der Waals surface area contributed by atoms with Crippen LogP contribution in [0.3, 0.4) is 0 Å². The molecule has 0 unspecified atom stereocenters. The van der Waals surface area contributed by atoms with Crippen molar-refractivity contribution < 1.29 is 31.7 Å². The lowest BCUT2D eigenvalue weighted by Crippen LogP contribution is -2.12. The zero-order valence-electron chi connectivity index (χ0n) is 15.0. The van der Waals surface area contributed by atoms with Crippen LogP contribution in [0.25, 0.3) is 16.9 Å². The van der Waals surface area contributed by atoms with Gasteiger partial charge in [0.1, 0.15) is 0 Å². The molecule has 2 aromatic carbocycles. The van der Waals surface area contributed by atoms with Crippen molar-refractivity contribution in [2.24, 2.45) is 10.4 Å². The molecular formula is C16H15F3N6O4S. The standard InChI is InChI=1S/C16H12F3N5O4S.H3N/c17-16(18,19)15-9-14(10-1-3-12(4-2-10)24(26)22-25)23(21-15)11-5-7-13(8-6-11)29(20,27)28;/h1-9,25H,(H2,20,27,28);1H3/b24-22+;. The molecule has 0 aliphatic heterocycles. The molecule has 0 spiro atoms. The van der Waals surface area contributed by atoms with E-state index in [4.69, 9.17) is 10.3 Å². The lowest BCUT2D eigenvalue weighted by molar-refractivity contribution is -0.473. The normalized spacial score (nSPS) is 12.5. The number of nitrogens with two attached hydrogens (primary N) is 1. The van der Waals surface area contributed by atoms with Crippen molar-refractivity contribution >= 4 is 15.7 Å². The van der Waals surface area contributed by atoms with E-state index < -0.39 is 21.9 Å². The van der Waals surface area contributed by atoms with Crippen LogP contribution in [-0.2, 0) is 16.2 Å². The van der Waals surface area contributed by atoms with E-state index in [0.29, 0.717) is 0 Å². The molecule has 30 heavy (non-hydrogen) atoms. The Kier molecular flexibility index (Phi) is 6.15. The third-order valence-corrected chi connectivity index (χ3v) is 4.80. The first-order valence-corrected chi connectivity index (χ1v) is 9.28. The zero-order valence-corrected chi connectivity index (χ0v) is 15.8. The SMILES string of the molecule is N.NS(=O)(=O)c1ccc(-n2nc(C(F)(F)F)cc2-c2ccc(/[N+]([O-])=N\O)cc2)cc1. The first kappa shape index (κ1) is 22.8. The summed E-state index contributed by atoms with van der Waals surface area (Å²) in [5, 5.41) is 30.8. The fourth-order valence-electron chi connectivity index (χ4n) is 2.51. The Labute approximate surface area is 167 Å². The van der Waals surface area contributed by atoms with Crippen LogP contribution in [0.1, 0.15) is 5.69 Å². The van der Waals surface area contributed by atoms with E-state index in [1.165, 1.54) is 36.4 Å². The number of sulfonamides is 1. The summed E-state index contributed by atoms with van der Waals surface area (Å²) in [4.78, 5) is -0.285. The molecule has 14 heteroatoms. The van der Waals surface area contributed by atoms with Crippen molar-refractivity contribution in [2.75, 3.05) is 0 Å². The molecule has 160 valence electrons. The van der Waals surface area contributed by atoms with Crippen LogP contribution in [0, 0.1) is 5.21 Å². The van der Waals surface area contributed by atoms with Crippen molar-refractivity contribution in [1.29, 1.82) is 0 Å². The first-order valence-electron chi connectivity index (χ1n) is 7.74. The zero-order chi connectivity index (χ0) is 21.4. The Morgan fingerprint density at radius 2 is 1.67 bits per heavy atom. The Hall–Kier alpha value is -3.49. The summed E-state index contributed by atoms with van der Waals surface area (Å²) < 4.78 is 63.3. The van der Waals surface area contributed by atoms with Crippen LogP contribution in [0.4, 0.5) is 18.9 Å². The van der Waals surface area contributed by atoms with Crippen molar-refractivity contribution in [3.8, 4) is 16.9 Å². The van der Waals surface area contributed by atoms with Crippen LogP contribution < -0.4 is 11.3 Å². The van der Waals surface area contributed by atoms with Crippen molar-refractivity contribution in [2.45, 2.75) is 11.1 Å². The second-order valence-corrected chi connectivity index (χ2v) is 7.33. The highest BCUT2D eigenvalue weighted by atomic mass is 32.2. The highest BCUT2D eigenvalue weighted by molar-refractivity contribution is 7.89. The van der Waals surface area contributed by atoms with Crippen molar-refractivity contribution in [1.82, 2.24) is 15.9 Å². The average molecular weight is 444 g/mol. The summed E-state index contributed by atoms with van der Waals surface area (Å²) in [6.45, 7) is 0. The number of benzene rings is 2. The molecule has 6 N–H and O–H groups in total. The molecule has 0 radical (unpaired) electrons. The maximum Gasteiger partial charge on any atom is 0.435 e. The molecular weight excluding hydrogens is 429 g/mol. The van der Waals surface area contributed by atoms with Gasteiger partial charge in [-0.15, -0.1) is 0 Å². The molecule has 0 fully saturated rings. The molecule has 0 aliphatic carbocycles. The van der Waals surface area contributed by atoms with E-state index in [1.54, 1.807) is 0 Å². The van der Waals surface area contributed by atoms with Gasteiger partial charge in [0.2, 0.25) is 21.0 Å². The molecule has 0 aliphatic rings. The maximum absolute atomic E-state index is 13.2. The predicted octanol–water partition coefficient (Wildman–Crippen LogP) is 3.35. The van der Waals surface area contributed by atoms with Gasteiger partial charge in [-0.2, -0.15) is 18.3 Å². The molecule has 3 aromatic rings. The number of nitrogens with zero attached hydrogens (tertiary/aromatic N) is 4. The molecule has 0 bridgehead atoms. The monoisotopic (exact) mass is 444 g/mol. The third-order valence-electron chi connectivity index (χ3n) is 3.87. The second kappa shape index (κ2) is 8.10. The number of rotatable bonds is 4. The van der Waals surface area contributed by atoms with E-state index in [2.05, 4.69) is 10.4 Å². The summed E-state index contributed by atoms with van der Waals surface area (Å²) in [6, 6.07) is 10.8. The highest BCUT2D eigenvalue weighted by Gasteiger charge is 2.35. The van der Waals surface area contributed by atoms with E-state index in [9.17, 15) is 26.8 Å². The Morgan fingerprint density at radius 3 is 2.13 bits per heavy atom. The van der Waals surface area contributed by atoms with Gasteiger partial charge in [0, 0.05) is 17.7 Å². The van der Waals surface area contributed by atoms with E-state index in [1.807, 2.05) is 0 Å². The minimum Gasteiger partial charge on any atom is -0.592 e. The van der Waals surface area contributed by atoms with Gasteiger partial charge in [-0.1, -0.05) is 0 Å². The smallest absolute Gasteiger partial charge is 0.435 e. The molecule has 3 rings (SSSR count). The molecule has 10 nitrogen and oxygen atoms in total. The van der Waals surface area contributed by atoms with Crippen molar-refractivity contribution in [3.63, 3.8) is 0 Å². The minimum absolute atomic E-state index is 0. The highest BCUT2D eigenvalue weighted by Crippen LogP contribution is 2.33. The number of alkyl halides is 3. The third kappa shape index (κ3) is 4.56. The average Bonchev–Trinajstić information content (AvgIpc) is 3.13. The molecule has 0 saturated carbocycles. The van der Waals surface area contributed by atoms with E-state index in [0.717, 1.165) is 22.9 Å². The number of halogens is 3. The summed E-state index contributed by atoms with van der Waals surface area (Å²) in [6.07, 6.45) is -4.72. The molecule has 1 aromatic heterocycles. The number of primary sulfonamides is 1. The van der Waals surface area contributed by atoms with Gasteiger partial charge in [-0.25, -0.2) is 18.2 Å².